The Morgan fingerprint density at radius 1 is 1.00 bits per heavy atom. The molecule has 0 radical (unpaired) electrons. The molecule has 1 aromatic carbocycles. The van der Waals surface area contributed by atoms with Crippen molar-refractivity contribution >= 4 is 12.4 Å². The largest absolute Gasteiger partial charge is 0.493 e. The lowest BCUT2D eigenvalue weighted by atomic mass is 10.3. The Balaban J connectivity index is 0.00000324. The normalized spacial score (nSPS) is 10.1. The van der Waals surface area contributed by atoms with Crippen molar-refractivity contribution in [2.24, 2.45) is 0 Å². The van der Waals surface area contributed by atoms with Gasteiger partial charge in [0.15, 0.2) is 0 Å². The van der Waals surface area contributed by atoms with Crippen LogP contribution in [0.3, 0.4) is 0 Å². The monoisotopic (exact) mass is 287 g/mol. The van der Waals surface area contributed by atoms with E-state index in [1.807, 2.05) is 24.3 Å². The average molecular weight is 288 g/mol. The third-order valence-electron chi connectivity index (χ3n) is 2.59. The van der Waals surface area contributed by atoms with Crippen LogP contribution >= 0.6 is 12.4 Å². The van der Waals surface area contributed by atoms with E-state index in [2.05, 4.69) is 25.9 Å². The van der Waals surface area contributed by atoms with Crippen molar-refractivity contribution in [3.8, 4) is 11.5 Å². The lowest BCUT2D eigenvalue weighted by molar-refractivity contribution is 0.276. The quantitative estimate of drug-likeness (QED) is 0.648. The van der Waals surface area contributed by atoms with Gasteiger partial charge in [0.2, 0.25) is 0 Å². The molecule has 0 bridgehead atoms. The molecule has 0 atom stereocenters. The molecule has 0 N–H and O–H groups in total. The minimum Gasteiger partial charge on any atom is -0.493 e. The molecule has 19 heavy (non-hydrogen) atoms. The summed E-state index contributed by atoms with van der Waals surface area (Å²) in [4.78, 5) is 2.16. The third-order valence-corrected chi connectivity index (χ3v) is 2.59. The van der Waals surface area contributed by atoms with Gasteiger partial charge in [0.1, 0.15) is 11.5 Å². The third kappa shape index (κ3) is 8.73. The number of unbranched alkanes of at least 4 members (excludes halogenated alkanes) is 1. The molecule has 0 aromatic heterocycles. The molecule has 0 aliphatic rings. The van der Waals surface area contributed by atoms with Crippen molar-refractivity contribution in [1.29, 1.82) is 0 Å². The van der Waals surface area contributed by atoms with Gasteiger partial charge in [-0.05, 0) is 39.1 Å². The summed E-state index contributed by atoms with van der Waals surface area (Å²) in [5.41, 5.74) is 0. The smallest absolute Gasteiger partial charge is 0.122 e. The molecule has 4 heteroatoms. The van der Waals surface area contributed by atoms with Crippen LogP contribution in [0.1, 0.15) is 26.2 Å². The molecule has 0 heterocycles. The Labute approximate surface area is 123 Å². The Kier molecular flexibility index (Phi) is 10.4. The first-order valence-electron chi connectivity index (χ1n) is 6.72. The summed E-state index contributed by atoms with van der Waals surface area (Å²) in [5, 5.41) is 0. The molecule has 0 saturated carbocycles. The van der Waals surface area contributed by atoms with E-state index in [0.29, 0.717) is 0 Å². The van der Waals surface area contributed by atoms with E-state index in [-0.39, 0.29) is 12.4 Å². The van der Waals surface area contributed by atoms with Gasteiger partial charge in [-0.15, -0.1) is 12.4 Å². The number of benzene rings is 1. The average Bonchev–Trinajstić information content (AvgIpc) is 2.35. The molecule has 1 rings (SSSR count). The van der Waals surface area contributed by atoms with Crippen molar-refractivity contribution in [3.05, 3.63) is 24.3 Å². The van der Waals surface area contributed by atoms with E-state index in [1.165, 1.54) is 0 Å². The van der Waals surface area contributed by atoms with Gasteiger partial charge < -0.3 is 14.4 Å². The van der Waals surface area contributed by atoms with Gasteiger partial charge in [-0.25, -0.2) is 0 Å². The van der Waals surface area contributed by atoms with Crippen molar-refractivity contribution in [2.75, 3.05) is 33.9 Å². The van der Waals surface area contributed by atoms with Crippen molar-refractivity contribution in [1.82, 2.24) is 4.90 Å². The van der Waals surface area contributed by atoms with Gasteiger partial charge in [-0.1, -0.05) is 19.4 Å². The number of rotatable bonds is 9. The van der Waals surface area contributed by atoms with E-state index in [4.69, 9.17) is 9.47 Å². The Morgan fingerprint density at radius 2 is 1.58 bits per heavy atom. The molecule has 0 fully saturated rings. The number of hydrogen-bond acceptors (Lipinski definition) is 3. The molecular weight excluding hydrogens is 262 g/mol. The second-order valence-electron chi connectivity index (χ2n) is 4.68. The highest BCUT2D eigenvalue weighted by Gasteiger charge is 1.98. The van der Waals surface area contributed by atoms with E-state index in [9.17, 15) is 0 Å². The molecule has 3 nitrogen and oxygen atoms in total. The van der Waals surface area contributed by atoms with Crippen LogP contribution in [0.25, 0.3) is 0 Å². The minimum absolute atomic E-state index is 0. The molecule has 1 aromatic rings. The molecule has 110 valence electrons. The minimum atomic E-state index is 0. The fraction of sp³-hybridized carbons (Fsp3) is 0.600. The first kappa shape index (κ1) is 18.1. The predicted octanol–water partition coefficient (Wildman–Crippen LogP) is 3.62. The summed E-state index contributed by atoms with van der Waals surface area (Å²) in [6.07, 6.45) is 3.28. The molecule has 0 saturated heterocycles. The summed E-state index contributed by atoms with van der Waals surface area (Å²) >= 11 is 0. The zero-order chi connectivity index (χ0) is 13.2. The number of nitrogens with zero attached hydrogens (tertiary/aromatic N) is 1. The summed E-state index contributed by atoms with van der Waals surface area (Å²) in [6, 6.07) is 7.89. The first-order valence-corrected chi connectivity index (χ1v) is 6.72. The van der Waals surface area contributed by atoms with Crippen LogP contribution in [0, 0.1) is 0 Å². The summed E-state index contributed by atoms with van der Waals surface area (Å²) in [6.45, 7) is 4.73. The SMILES string of the molecule is CCCCOc1cccc(OCCCN(C)C)c1.Cl. The van der Waals surface area contributed by atoms with Crippen molar-refractivity contribution in [2.45, 2.75) is 26.2 Å². The predicted molar refractivity (Wildman–Crippen MR) is 82.8 cm³/mol. The van der Waals surface area contributed by atoms with Crippen molar-refractivity contribution in [3.63, 3.8) is 0 Å². The molecule has 0 aliphatic carbocycles. The van der Waals surface area contributed by atoms with E-state index >= 15 is 0 Å². The van der Waals surface area contributed by atoms with Gasteiger partial charge in [-0.3, -0.25) is 0 Å². The molecule has 0 spiro atoms. The van der Waals surface area contributed by atoms with Crippen LogP contribution in [0.4, 0.5) is 0 Å². The van der Waals surface area contributed by atoms with Crippen molar-refractivity contribution < 1.29 is 9.47 Å². The van der Waals surface area contributed by atoms with E-state index in [0.717, 1.165) is 50.5 Å². The lowest BCUT2D eigenvalue weighted by Gasteiger charge is -2.11. The zero-order valence-corrected chi connectivity index (χ0v) is 13.0. The van der Waals surface area contributed by atoms with Gasteiger partial charge in [0.25, 0.3) is 0 Å². The maximum atomic E-state index is 5.70. The maximum absolute atomic E-state index is 5.70. The van der Waals surface area contributed by atoms with Gasteiger partial charge in [0, 0.05) is 12.6 Å². The van der Waals surface area contributed by atoms with Crippen LogP contribution in [-0.2, 0) is 0 Å². The van der Waals surface area contributed by atoms with Gasteiger partial charge in [-0.2, -0.15) is 0 Å². The maximum Gasteiger partial charge on any atom is 0.122 e. The highest BCUT2D eigenvalue weighted by molar-refractivity contribution is 5.85. The summed E-state index contributed by atoms with van der Waals surface area (Å²) in [5.74, 6) is 1.79. The molecular formula is C15H26ClNO2. The number of hydrogen-bond donors (Lipinski definition) is 0. The Hall–Kier alpha value is -0.930. The Morgan fingerprint density at radius 3 is 2.11 bits per heavy atom. The number of ether oxygens (including phenoxy) is 2. The topological polar surface area (TPSA) is 21.7 Å². The fourth-order valence-electron chi connectivity index (χ4n) is 1.56. The molecule has 0 aliphatic heterocycles. The van der Waals surface area contributed by atoms with Gasteiger partial charge in [0.05, 0.1) is 13.2 Å². The van der Waals surface area contributed by atoms with Crippen LogP contribution in [0.2, 0.25) is 0 Å². The van der Waals surface area contributed by atoms with E-state index < -0.39 is 0 Å². The van der Waals surface area contributed by atoms with Crippen LogP contribution in [0.15, 0.2) is 24.3 Å². The lowest BCUT2D eigenvalue weighted by Crippen LogP contribution is -2.15. The van der Waals surface area contributed by atoms with Crippen LogP contribution in [-0.4, -0.2) is 38.8 Å². The Bertz CT molecular complexity index is 332. The second kappa shape index (κ2) is 10.9. The number of halogens is 1. The first-order chi connectivity index (χ1) is 8.72. The molecule has 0 unspecified atom stereocenters. The van der Waals surface area contributed by atoms with Crippen LogP contribution in [0.5, 0.6) is 11.5 Å². The van der Waals surface area contributed by atoms with Crippen LogP contribution < -0.4 is 9.47 Å². The molecule has 0 amide bonds. The fourth-order valence-corrected chi connectivity index (χ4v) is 1.56. The highest BCUT2D eigenvalue weighted by atomic mass is 35.5. The zero-order valence-electron chi connectivity index (χ0n) is 12.2. The summed E-state index contributed by atoms with van der Waals surface area (Å²) < 4.78 is 11.3. The standard InChI is InChI=1S/C15H25NO2.ClH/c1-4-5-11-17-14-8-6-9-15(13-14)18-12-7-10-16(2)3;/h6,8-9,13H,4-5,7,10-12H2,1-3H3;1H. The van der Waals surface area contributed by atoms with Gasteiger partial charge >= 0.3 is 0 Å². The second-order valence-corrected chi connectivity index (χ2v) is 4.68. The highest BCUT2D eigenvalue weighted by Crippen LogP contribution is 2.19. The summed E-state index contributed by atoms with van der Waals surface area (Å²) in [7, 11) is 4.14. The van der Waals surface area contributed by atoms with E-state index in [1.54, 1.807) is 0 Å².